The van der Waals surface area contributed by atoms with Crippen molar-refractivity contribution >= 4 is 33.7 Å². The van der Waals surface area contributed by atoms with Crippen LogP contribution in [0.15, 0.2) is 18.2 Å². The maximum atomic E-state index is 14.1. The zero-order chi connectivity index (χ0) is 19.9. The number of hydroxylamine groups is 1. The summed E-state index contributed by atoms with van der Waals surface area (Å²) in [5.74, 6) is -1.06. The van der Waals surface area contributed by atoms with E-state index in [0.717, 1.165) is 16.9 Å². The summed E-state index contributed by atoms with van der Waals surface area (Å²) in [4.78, 5) is 29.5. The first-order chi connectivity index (χ1) is 12.3. The van der Waals surface area contributed by atoms with Gasteiger partial charge in [-0.2, -0.15) is 0 Å². The standard InChI is InChI=1S/C17H19FN2O3S.C2H6/c1-5-23-20-16(22)14-10(3)15(11(4)21)24-17(14)19-13-7-6-9(2)8-12(13)18;1-2/h6-8,19H,5H2,1-4H3,(H,20,22);1-2H3. The monoisotopic (exact) mass is 380 g/mol. The predicted octanol–water partition coefficient (Wildman–Crippen LogP) is 5.16. The number of Topliss-reactive ketones (excluding diaryl/α,β-unsaturated/α-hetero) is 1. The number of amides is 1. The molecule has 0 atom stereocenters. The Morgan fingerprint density at radius 3 is 2.42 bits per heavy atom. The largest absolute Gasteiger partial charge is 0.344 e. The molecule has 0 saturated carbocycles. The Kier molecular flexibility index (Phi) is 8.41. The molecule has 7 heteroatoms. The van der Waals surface area contributed by atoms with Crippen molar-refractivity contribution in [2.45, 2.75) is 41.5 Å². The van der Waals surface area contributed by atoms with Gasteiger partial charge in [0.15, 0.2) is 5.78 Å². The molecular weight excluding hydrogens is 355 g/mol. The summed E-state index contributed by atoms with van der Waals surface area (Å²) >= 11 is 1.12. The van der Waals surface area contributed by atoms with Crippen molar-refractivity contribution in [1.29, 1.82) is 0 Å². The Morgan fingerprint density at radius 1 is 1.23 bits per heavy atom. The Labute approximate surface area is 157 Å². The van der Waals surface area contributed by atoms with Gasteiger partial charge in [0.2, 0.25) is 0 Å². The van der Waals surface area contributed by atoms with Gasteiger partial charge in [0.1, 0.15) is 10.8 Å². The molecule has 0 bridgehead atoms. The van der Waals surface area contributed by atoms with E-state index >= 15 is 0 Å². The molecule has 1 heterocycles. The smallest absolute Gasteiger partial charge is 0.278 e. The molecule has 2 aromatic rings. The summed E-state index contributed by atoms with van der Waals surface area (Å²) in [5, 5.41) is 3.32. The van der Waals surface area contributed by atoms with Crippen LogP contribution in [-0.2, 0) is 4.84 Å². The topological polar surface area (TPSA) is 67.4 Å². The zero-order valence-corrected chi connectivity index (χ0v) is 16.8. The molecule has 5 nitrogen and oxygen atoms in total. The third-order valence-corrected chi connectivity index (χ3v) is 4.68. The maximum absolute atomic E-state index is 14.1. The second-order valence-electron chi connectivity index (χ2n) is 5.29. The van der Waals surface area contributed by atoms with Gasteiger partial charge in [-0.15, -0.1) is 11.3 Å². The third kappa shape index (κ3) is 5.12. The first-order valence-corrected chi connectivity index (χ1v) is 9.26. The molecule has 2 rings (SSSR count). The maximum Gasteiger partial charge on any atom is 0.278 e. The Morgan fingerprint density at radius 2 is 1.88 bits per heavy atom. The second kappa shape index (κ2) is 10.0. The molecule has 0 saturated heterocycles. The van der Waals surface area contributed by atoms with Crippen molar-refractivity contribution in [3.63, 3.8) is 0 Å². The highest BCUT2D eigenvalue weighted by molar-refractivity contribution is 7.18. The molecule has 26 heavy (non-hydrogen) atoms. The number of carbonyl (C=O) groups excluding carboxylic acids is 2. The second-order valence-corrected chi connectivity index (χ2v) is 6.31. The van der Waals surface area contributed by atoms with Crippen LogP contribution >= 0.6 is 11.3 Å². The number of halogens is 1. The fourth-order valence-electron chi connectivity index (χ4n) is 2.24. The van der Waals surface area contributed by atoms with Crippen LogP contribution in [0.25, 0.3) is 0 Å². The lowest BCUT2D eigenvalue weighted by Crippen LogP contribution is -2.24. The molecule has 1 amide bonds. The Hall–Kier alpha value is -2.25. The van der Waals surface area contributed by atoms with Crippen LogP contribution in [0.2, 0.25) is 0 Å². The van der Waals surface area contributed by atoms with E-state index in [-0.39, 0.29) is 17.0 Å². The first-order valence-electron chi connectivity index (χ1n) is 8.44. The molecule has 0 unspecified atom stereocenters. The minimum absolute atomic E-state index is 0.152. The molecule has 0 fully saturated rings. The number of aryl methyl sites for hydroxylation is 1. The van der Waals surface area contributed by atoms with Gasteiger partial charge in [-0.1, -0.05) is 19.9 Å². The van der Waals surface area contributed by atoms with Gasteiger partial charge >= 0.3 is 0 Å². The number of hydrogen-bond acceptors (Lipinski definition) is 5. The SMILES string of the molecule is CC.CCONC(=O)c1c(Nc2ccc(C)cc2F)sc(C(C)=O)c1C. The van der Waals surface area contributed by atoms with Crippen LogP contribution in [0.5, 0.6) is 0 Å². The number of ketones is 1. The average molecular weight is 380 g/mol. The van der Waals surface area contributed by atoms with Crippen molar-refractivity contribution in [2.24, 2.45) is 0 Å². The molecule has 0 aliphatic heterocycles. The molecule has 0 radical (unpaired) electrons. The van der Waals surface area contributed by atoms with Gasteiger partial charge in [0, 0.05) is 0 Å². The molecule has 0 aliphatic rings. The number of thiophene rings is 1. The van der Waals surface area contributed by atoms with E-state index in [4.69, 9.17) is 4.84 Å². The first kappa shape index (κ1) is 21.8. The van der Waals surface area contributed by atoms with Crippen molar-refractivity contribution in [3.8, 4) is 0 Å². The van der Waals surface area contributed by atoms with Crippen LogP contribution in [0.1, 0.15) is 58.9 Å². The van der Waals surface area contributed by atoms with Gasteiger partial charge in [0.05, 0.1) is 22.7 Å². The number of anilines is 2. The van der Waals surface area contributed by atoms with Gasteiger partial charge in [-0.3, -0.25) is 14.4 Å². The Balaban J connectivity index is 0.00000163. The lowest BCUT2D eigenvalue weighted by molar-refractivity contribution is 0.0365. The van der Waals surface area contributed by atoms with E-state index in [2.05, 4.69) is 10.8 Å². The van der Waals surface area contributed by atoms with E-state index in [1.807, 2.05) is 13.8 Å². The summed E-state index contributed by atoms with van der Waals surface area (Å²) in [7, 11) is 0. The summed E-state index contributed by atoms with van der Waals surface area (Å²) in [6.45, 7) is 11.0. The van der Waals surface area contributed by atoms with Crippen LogP contribution in [0.3, 0.4) is 0 Å². The highest BCUT2D eigenvalue weighted by atomic mass is 32.1. The molecule has 2 N–H and O–H groups in total. The van der Waals surface area contributed by atoms with Crippen molar-refractivity contribution < 1.29 is 18.8 Å². The lowest BCUT2D eigenvalue weighted by Gasteiger charge is -2.10. The zero-order valence-electron chi connectivity index (χ0n) is 16.0. The van der Waals surface area contributed by atoms with Crippen LogP contribution in [-0.4, -0.2) is 18.3 Å². The van der Waals surface area contributed by atoms with Crippen molar-refractivity contribution in [1.82, 2.24) is 5.48 Å². The average Bonchev–Trinajstić information content (AvgIpc) is 2.93. The van der Waals surface area contributed by atoms with E-state index < -0.39 is 11.7 Å². The van der Waals surface area contributed by atoms with Crippen molar-refractivity contribution in [3.05, 3.63) is 45.6 Å². The quantitative estimate of drug-likeness (QED) is 0.537. The highest BCUT2D eigenvalue weighted by Gasteiger charge is 2.24. The predicted molar refractivity (Wildman–Crippen MR) is 104 cm³/mol. The number of nitrogens with one attached hydrogen (secondary N) is 2. The van der Waals surface area contributed by atoms with Crippen LogP contribution in [0, 0.1) is 19.7 Å². The van der Waals surface area contributed by atoms with Crippen LogP contribution in [0.4, 0.5) is 15.1 Å². The highest BCUT2D eigenvalue weighted by Crippen LogP contribution is 2.36. The molecule has 142 valence electrons. The summed E-state index contributed by atoms with van der Waals surface area (Å²) in [6.07, 6.45) is 0. The fraction of sp³-hybridized carbons (Fsp3) is 0.368. The minimum Gasteiger partial charge on any atom is -0.344 e. The molecule has 1 aromatic heterocycles. The summed E-state index contributed by atoms with van der Waals surface area (Å²) in [6, 6.07) is 4.75. The number of carbonyl (C=O) groups is 2. The van der Waals surface area contributed by atoms with Crippen molar-refractivity contribution in [2.75, 3.05) is 11.9 Å². The van der Waals surface area contributed by atoms with Gasteiger partial charge in [-0.25, -0.2) is 9.87 Å². The minimum atomic E-state index is -0.479. The van der Waals surface area contributed by atoms with Gasteiger partial charge in [-0.05, 0) is 51.0 Å². The number of hydrogen-bond donors (Lipinski definition) is 2. The molecular formula is C19H25FN2O3S. The van der Waals surface area contributed by atoms with Crippen LogP contribution < -0.4 is 10.8 Å². The molecule has 0 spiro atoms. The molecule has 1 aromatic carbocycles. The number of rotatable bonds is 6. The Bertz CT molecular complexity index is 787. The molecule has 0 aliphatic carbocycles. The third-order valence-electron chi connectivity index (χ3n) is 3.38. The van der Waals surface area contributed by atoms with Gasteiger partial charge in [0.25, 0.3) is 5.91 Å². The fourth-order valence-corrected chi connectivity index (χ4v) is 3.36. The normalized spacial score (nSPS) is 9.96. The van der Waals surface area contributed by atoms with E-state index in [9.17, 15) is 14.0 Å². The lowest BCUT2D eigenvalue weighted by atomic mass is 10.1. The summed E-state index contributed by atoms with van der Waals surface area (Å²) < 4.78 is 14.1. The summed E-state index contributed by atoms with van der Waals surface area (Å²) in [5.41, 5.74) is 4.16. The van der Waals surface area contributed by atoms with E-state index in [1.165, 1.54) is 13.0 Å². The van der Waals surface area contributed by atoms with Gasteiger partial charge < -0.3 is 5.32 Å². The van der Waals surface area contributed by atoms with E-state index in [0.29, 0.717) is 22.0 Å². The van der Waals surface area contributed by atoms with E-state index in [1.54, 1.807) is 32.9 Å². The number of benzene rings is 1.